The van der Waals surface area contributed by atoms with Gasteiger partial charge < -0.3 is 20.7 Å². The monoisotopic (exact) mass is 535 g/mol. The van der Waals surface area contributed by atoms with Crippen LogP contribution in [-0.2, 0) is 12.7 Å². The number of ether oxygens (including phenoxy) is 1. The van der Waals surface area contributed by atoms with Crippen LogP contribution in [-0.4, -0.2) is 58.6 Å². The summed E-state index contributed by atoms with van der Waals surface area (Å²) in [6, 6.07) is 2.23. The van der Waals surface area contributed by atoms with Crippen molar-refractivity contribution in [2.24, 2.45) is 0 Å². The third kappa shape index (κ3) is 5.13. The number of hydrogen-bond acceptors (Lipinski definition) is 8. The summed E-state index contributed by atoms with van der Waals surface area (Å²) in [5.74, 6) is -1.85. The van der Waals surface area contributed by atoms with Crippen LogP contribution in [0.4, 0.5) is 23.4 Å². The number of nitrogens with zero attached hydrogens (tertiary/aromatic N) is 6. The third-order valence-electron chi connectivity index (χ3n) is 6.56. The number of nitrogens with two attached hydrogens (primary N) is 1. The Morgan fingerprint density at radius 1 is 1.16 bits per heavy atom. The smallest absolute Gasteiger partial charge is 0.419 e. The molecule has 4 heterocycles. The van der Waals surface area contributed by atoms with Crippen molar-refractivity contribution in [3.63, 3.8) is 0 Å². The number of halogens is 4. The highest BCUT2D eigenvalue weighted by Gasteiger charge is 2.36. The van der Waals surface area contributed by atoms with Crippen molar-refractivity contribution in [3.8, 4) is 17.1 Å². The molecule has 0 amide bonds. The fraction of sp³-hybridized carbons (Fsp3) is 0.417. The first-order valence-electron chi connectivity index (χ1n) is 12.0. The van der Waals surface area contributed by atoms with Gasteiger partial charge in [-0.3, -0.25) is 9.36 Å². The van der Waals surface area contributed by atoms with E-state index in [4.69, 9.17) is 20.7 Å². The van der Waals surface area contributed by atoms with Crippen LogP contribution in [0.15, 0.2) is 36.9 Å². The maximum atomic E-state index is 14.4. The lowest BCUT2D eigenvalue weighted by atomic mass is 9.93. The standard InChI is InChI=1S/C24H25F4N7O3/c25-21-18(24(26,27)28)5-6-30-23(21)38-16-3-1-14(2-4-16)35-19-7-20(29)31-9-17(19)22(33-35)13-8-32-34(10-13)11-15(37)12-36/h5-10,14-16,36-37H,1-4,11-12H2,(H2,29,31)/t14-,15-,16+/m1/s1. The molecule has 1 aliphatic rings. The molecule has 14 heteroatoms. The van der Waals surface area contributed by atoms with E-state index in [1.807, 2.05) is 4.68 Å². The van der Waals surface area contributed by atoms with E-state index < -0.39 is 42.3 Å². The molecule has 0 unspecified atom stereocenters. The fourth-order valence-corrected chi connectivity index (χ4v) is 4.69. The number of aliphatic hydroxyl groups is 2. The molecule has 0 radical (unpaired) electrons. The lowest BCUT2D eigenvalue weighted by Crippen LogP contribution is -2.27. The summed E-state index contributed by atoms with van der Waals surface area (Å²) in [6.07, 6.45) is 1.60. The summed E-state index contributed by atoms with van der Waals surface area (Å²) in [7, 11) is 0. The number of alkyl halides is 3. The van der Waals surface area contributed by atoms with E-state index in [9.17, 15) is 22.7 Å². The van der Waals surface area contributed by atoms with Gasteiger partial charge in [-0.25, -0.2) is 14.4 Å². The van der Waals surface area contributed by atoms with Gasteiger partial charge in [-0.2, -0.15) is 23.4 Å². The molecular weight excluding hydrogens is 510 g/mol. The van der Waals surface area contributed by atoms with E-state index in [1.54, 1.807) is 24.7 Å². The van der Waals surface area contributed by atoms with Crippen LogP contribution in [0.1, 0.15) is 37.3 Å². The summed E-state index contributed by atoms with van der Waals surface area (Å²) >= 11 is 0. The molecule has 5 rings (SSSR count). The molecular formula is C24H25F4N7O3. The van der Waals surface area contributed by atoms with Gasteiger partial charge in [0.2, 0.25) is 0 Å². The average Bonchev–Trinajstić information content (AvgIpc) is 3.49. The van der Waals surface area contributed by atoms with Crippen LogP contribution in [0.25, 0.3) is 22.2 Å². The Labute approximate surface area is 213 Å². The molecule has 0 aromatic carbocycles. The molecule has 0 spiro atoms. The van der Waals surface area contributed by atoms with Gasteiger partial charge in [0.15, 0.2) is 5.82 Å². The SMILES string of the molecule is Nc1cc2c(cn1)c(-c1cnn(C[C@@H](O)CO)c1)nn2[C@H]1CC[C@@H](Oc2nccc(C(F)(F)F)c2F)CC1. The largest absolute Gasteiger partial charge is 0.472 e. The van der Waals surface area contributed by atoms with E-state index in [0.29, 0.717) is 48.8 Å². The number of anilines is 1. The topological polar surface area (TPSA) is 137 Å². The zero-order chi connectivity index (χ0) is 27.0. The Kier molecular flexibility index (Phi) is 6.92. The molecule has 38 heavy (non-hydrogen) atoms. The van der Waals surface area contributed by atoms with E-state index in [1.165, 1.54) is 4.68 Å². The molecule has 1 aliphatic carbocycles. The second-order valence-corrected chi connectivity index (χ2v) is 9.23. The molecule has 4 aromatic rings. The highest BCUT2D eigenvalue weighted by atomic mass is 19.4. The normalized spacial score (nSPS) is 19.1. The van der Waals surface area contributed by atoms with E-state index in [0.717, 1.165) is 17.1 Å². The number of aromatic nitrogens is 6. The summed E-state index contributed by atoms with van der Waals surface area (Å²) in [5, 5.41) is 28.6. The molecule has 0 saturated heterocycles. The fourth-order valence-electron chi connectivity index (χ4n) is 4.69. The minimum absolute atomic E-state index is 0.0709. The predicted octanol–water partition coefficient (Wildman–Crippen LogP) is 3.35. The highest BCUT2D eigenvalue weighted by Crippen LogP contribution is 2.38. The Hall–Kier alpha value is -3.78. The van der Waals surface area contributed by atoms with Gasteiger partial charge in [0.1, 0.15) is 17.6 Å². The summed E-state index contributed by atoms with van der Waals surface area (Å²) in [6.45, 7) is -0.273. The molecule has 0 aliphatic heterocycles. The molecule has 1 atom stereocenters. The molecule has 4 aromatic heterocycles. The van der Waals surface area contributed by atoms with E-state index in [2.05, 4.69) is 15.1 Å². The van der Waals surface area contributed by atoms with Crippen molar-refractivity contribution >= 4 is 16.7 Å². The van der Waals surface area contributed by atoms with Crippen molar-refractivity contribution in [2.75, 3.05) is 12.3 Å². The van der Waals surface area contributed by atoms with E-state index >= 15 is 0 Å². The van der Waals surface area contributed by atoms with Gasteiger partial charge in [0.05, 0.1) is 42.6 Å². The minimum atomic E-state index is -4.84. The predicted molar refractivity (Wildman–Crippen MR) is 127 cm³/mol. The number of pyridine rings is 2. The van der Waals surface area contributed by atoms with Crippen LogP contribution in [0.2, 0.25) is 0 Å². The van der Waals surface area contributed by atoms with Gasteiger partial charge >= 0.3 is 6.18 Å². The molecule has 1 fully saturated rings. The van der Waals surface area contributed by atoms with Crippen molar-refractivity contribution in [1.82, 2.24) is 29.5 Å². The molecule has 4 N–H and O–H groups in total. The molecule has 0 bridgehead atoms. The van der Waals surface area contributed by atoms with E-state index in [-0.39, 0.29) is 12.6 Å². The zero-order valence-electron chi connectivity index (χ0n) is 20.0. The lowest BCUT2D eigenvalue weighted by Gasteiger charge is -2.29. The first-order valence-corrected chi connectivity index (χ1v) is 12.0. The van der Waals surface area contributed by atoms with Gasteiger partial charge in [-0.1, -0.05) is 0 Å². The maximum Gasteiger partial charge on any atom is 0.419 e. The summed E-state index contributed by atoms with van der Waals surface area (Å²) in [5.41, 5.74) is 6.60. The van der Waals surface area contributed by atoms with Crippen LogP contribution >= 0.6 is 0 Å². The molecule has 10 nitrogen and oxygen atoms in total. The van der Waals surface area contributed by atoms with Crippen molar-refractivity contribution in [3.05, 3.63) is 48.3 Å². The van der Waals surface area contributed by atoms with Gasteiger partial charge in [0, 0.05) is 35.6 Å². The van der Waals surface area contributed by atoms with Crippen LogP contribution in [0, 0.1) is 5.82 Å². The molecule has 1 saturated carbocycles. The Balaban J connectivity index is 1.35. The second kappa shape index (κ2) is 10.2. The number of hydrogen-bond donors (Lipinski definition) is 3. The zero-order valence-corrected chi connectivity index (χ0v) is 20.0. The lowest BCUT2D eigenvalue weighted by molar-refractivity contribution is -0.140. The highest BCUT2D eigenvalue weighted by molar-refractivity contribution is 5.93. The van der Waals surface area contributed by atoms with Gasteiger partial charge in [-0.15, -0.1) is 0 Å². The number of nitrogen functional groups attached to an aromatic ring is 1. The van der Waals surface area contributed by atoms with Crippen molar-refractivity contribution in [1.29, 1.82) is 0 Å². The third-order valence-corrected chi connectivity index (χ3v) is 6.56. The number of fused-ring (bicyclic) bond motifs is 1. The van der Waals surface area contributed by atoms with Gasteiger partial charge in [0.25, 0.3) is 5.88 Å². The number of rotatable bonds is 7. The van der Waals surface area contributed by atoms with Crippen molar-refractivity contribution < 1.29 is 32.5 Å². The first-order chi connectivity index (χ1) is 18.1. The Morgan fingerprint density at radius 2 is 1.92 bits per heavy atom. The number of aliphatic hydroxyl groups excluding tert-OH is 2. The Morgan fingerprint density at radius 3 is 2.63 bits per heavy atom. The summed E-state index contributed by atoms with van der Waals surface area (Å²) in [4.78, 5) is 7.86. The van der Waals surface area contributed by atoms with Crippen LogP contribution < -0.4 is 10.5 Å². The average molecular weight is 536 g/mol. The maximum absolute atomic E-state index is 14.4. The van der Waals surface area contributed by atoms with Gasteiger partial charge in [-0.05, 0) is 31.7 Å². The molecule has 202 valence electrons. The second-order valence-electron chi connectivity index (χ2n) is 9.23. The first kappa shape index (κ1) is 25.9. The summed E-state index contributed by atoms with van der Waals surface area (Å²) < 4.78 is 62.3. The minimum Gasteiger partial charge on any atom is -0.472 e. The quantitative estimate of drug-likeness (QED) is 0.307. The van der Waals surface area contributed by atoms with Crippen molar-refractivity contribution in [2.45, 2.75) is 56.7 Å². The van der Waals surface area contributed by atoms with Crippen LogP contribution in [0.3, 0.4) is 0 Å². The van der Waals surface area contributed by atoms with Crippen LogP contribution in [0.5, 0.6) is 5.88 Å². The Bertz CT molecular complexity index is 1430.